The molecule has 0 aromatic heterocycles. The number of aryl methyl sites for hydroxylation is 8. The Labute approximate surface area is 834 Å². The zero-order chi connectivity index (χ0) is 91.4. The molecule has 0 amide bonds. The van der Waals surface area contributed by atoms with Crippen molar-refractivity contribution in [3.8, 4) is 0 Å². The summed E-state index contributed by atoms with van der Waals surface area (Å²) in [5, 5.41) is 21.6. The van der Waals surface area contributed by atoms with E-state index in [0.717, 1.165) is 144 Å². The van der Waals surface area contributed by atoms with Crippen LogP contribution in [0.1, 0.15) is 115 Å². The van der Waals surface area contributed by atoms with E-state index in [9.17, 15) is 42.1 Å². The van der Waals surface area contributed by atoms with Crippen molar-refractivity contribution in [3.05, 3.63) is 331 Å². The third-order valence-corrected chi connectivity index (χ3v) is 25.4. The van der Waals surface area contributed by atoms with E-state index in [2.05, 4.69) is 127 Å². The van der Waals surface area contributed by atoms with Crippen LogP contribution >= 0.6 is 73.3 Å². The quantitative estimate of drug-likeness (QED) is 0.00735. The monoisotopic (exact) mass is 2280 g/mol. The van der Waals surface area contributed by atoms with Gasteiger partial charge in [-0.05, 0) is 235 Å². The Morgan fingerprint density at radius 3 is 0.845 bits per heavy atom. The van der Waals surface area contributed by atoms with Crippen LogP contribution in [0.4, 0.5) is 0 Å². The van der Waals surface area contributed by atoms with Crippen molar-refractivity contribution in [2.75, 3.05) is 98.2 Å². The Morgan fingerprint density at radius 1 is 0.341 bits per heavy atom. The molecule has 21 nitrogen and oxygen atoms in total. The van der Waals surface area contributed by atoms with E-state index in [1.807, 2.05) is 119 Å². The molecule has 8 aromatic rings. The molecule has 0 saturated carbocycles. The third kappa shape index (κ3) is 64.6. The summed E-state index contributed by atoms with van der Waals surface area (Å²) >= 11 is 1.13. The number of benzene rings is 8. The second-order valence-corrected chi connectivity index (χ2v) is 42.1. The van der Waals surface area contributed by atoms with Gasteiger partial charge in [-0.25, -0.2) is 61.0 Å². The minimum absolute atomic E-state index is 0. The molecule has 2 aliphatic carbocycles. The molecule has 0 heterocycles. The first kappa shape index (κ1) is 131. The molecule has 0 fully saturated rings. The van der Waals surface area contributed by atoms with Crippen LogP contribution in [-0.2, 0) is 117 Å². The van der Waals surface area contributed by atoms with Crippen LogP contribution < -0.4 is 45.9 Å². The van der Waals surface area contributed by atoms with E-state index in [1.54, 1.807) is 109 Å². The van der Waals surface area contributed by atoms with Gasteiger partial charge in [-0.3, -0.25) is 0 Å². The Balaban J connectivity index is -0.000000719. The van der Waals surface area contributed by atoms with Gasteiger partial charge in [-0.1, -0.05) is 227 Å². The molecule has 0 bridgehead atoms. The number of hydrogen-bond donors (Lipinski definition) is 10. The van der Waals surface area contributed by atoms with Gasteiger partial charge in [-0.15, -0.1) is 31.4 Å². The molecular weight excluding hydrogens is 2140 g/mol. The number of nitrogens with two attached hydrogens (primary N) is 1. The van der Waals surface area contributed by atoms with Crippen LogP contribution in [0.3, 0.4) is 0 Å². The van der Waals surface area contributed by atoms with Crippen molar-refractivity contribution in [3.63, 3.8) is 0 Å². The Bertz CT molecular complexity index is 4540. The summed E-state index contributed by atoms with van der Waals surface area (Å²) in [6.45, 7) is 17.9. The molecule has 0 atom stereocenters. The molecule has 728 valence electrons. The Hall–Kier alpha value is -4.07. The summed E-state index contributed by atoms with van der Waals surface area (Å²) in [6.07, 6.45) is 28.1. The molecule has 0 radical (unpaired) electrons. The fourth-order valence-corrected chi connectivity index (χ4v) is 16.5. The van der Waals surface area contributed by atoms with Crippen molar-refractivity contribution in [1.82, 2.24) is 40.2 Å². The average molecular weight is 2280 g/mol. The molecule has 129 heavy (non-hydrogen) atoms. The van der Waals surface area contributed by atoms with Gasteiger partial charge in [0.25, 0.3) is 0 Å². The predicted octanol–water partition coefficient (Wildman–Crippen LogP) is 19.1. The van der Waals surface area contributed by atoms with Crippen LogP contribution in [0.5, 0.6) is 0 Å². The van der Waals surface area contributed by atoms with E-state index in [4.69, 9.17) is 49.6 Å². The standard InChI is InChI=1S/C18H26N2O2S.2C18H24N2O2S.C18H23N2O2S.C9H14N2O2S.C9H14O.3CH3.7ClH.3Ru/c4*1-16-9-11-18(12-10-16)23(21,22)20-15-14-19-13-5-8-17-6-3-2-4-7-17;1-8-2-4-9(5-3-8)14(12,13)11-7-6-10;10-8-4-7-9-5-2-1-3-6-9;;;;;;;;;;;;;/h2-3,7,9-12,19-20H,4-6,8,13-15H2,1H3;2*2-4,6-7,9-12,19-20H,5,8,13-15H2,1H3;2-4,6-7,9-12,19H,5,8,13-15H2,1H3;2-5,11H,6-7,10H2,1H3;1-2,6,10H,3-5,7-8H2;3*1H3;7*1H;;;/q;;;-1;;;3*-1;;;;;;;;2*+2;+4/p-5. The molecule has 36 heteroatoms. The topological polar surface area (TPSA) is 327 Å². The molecular formula is C93H136Cl7N10O11Ru3S5-. The van der Waals surface area contributed by atoms with Crippen LogP contribution in [0.2, 0.25) is 0 Å². The summed E-state index contributed by atoms with van der Waals surface area (Å²) in [5.41, 5.74) is 17.4. The molecule has 0 aliphatic heterocycles. The Morgan fingerprint density at radius 2 is 0.589 bits per heavy atom. The van der Waals surface area contributed by atoms with Crippen molar-refractivity contribution in [1.29, 1.82) is 0 Å². The first-order valence-electron chi connectivity index (χ1n) is 40.6. The number of nitrogens with zero attached hydrogens (tertiary/aromatic N) is 1. The van der Waals surface area contributed by atoms with Crippen LogP contribution in [0, 0.1) is 56.9 Å². The molecule has 2 aliphatic rings. The van der Waals surface area contributed by atoms with E-state index in [1.165, 1.54) is 27.8 Å². The van der Waals surface area contributed by atoms with E-state index < -0.39 is 50.1 Å². The number of sulfonamides is 5. The van der Waals surface area contributed by atoms with Crippen molar-refractivity contribution in [2.45, 2.75) is 149 Å². The number of aliphatic hydroxyl groups is 1. The third-order valence-electron chi connectivity index (χ3n) is 18.1. The second kappa shape index (κ2) is 81.1. The van der Waals surface area contributed by atoms with Crippen molar-refractivity contribution in [2.24, 2.45) is 5.73 Å². The zero-order valence-electron chi connectivity index (χ0n) is 75.0. The van der Waals surface area contributed by atoms with Crippen LogP contribution in [0.15, 0.2) is 284 Å². The molecule has 11 N–H and O–H groups in total. The minimum atomic E-state index is -3.53. The fourth-order valence-electron chi connectivity index (χ4n) is 11.4. The first-order valence-corrected chi connectivity index (χ1v) is 59.2. The summed E-state index contributed by atoms with van der Waals surface area (Å²) in [6, 6.07) is 65.1. The van der Waals surface area contributed by atoms with Gasteiger partial charge < -0.3 is 59.1 Å². The van der Waals surface area contributed by atoms with Gasteiger partial charge in [0.15, 0.2) is 0 Å². The van der Waals surface area contributed by atoms with Crippen LogP contribution in [-0.4, -0.2) is 145 Å². The fraction of sp³-hybridized carbons (Fsp3) is 0.366. The molecule has 0 saturated heterocycles. The number of nitrogens with one attached hydrogen (secondary N) is 8. The van der Waals surface area contributed by atoms with Gasteiger partial charge in [0.05, 0.1) is 19.6 Å². The predicted molar refractivity (Wildman–Crippen MR) is 538 cm³/mol. The van der Waals surface area contributed by atoms with Gasteiger partial charge in [0.2, 0.25) is 40.1 Å². The molecule has 0 unspecified atom stereocenters. The van der Waals surface area contributed by atoms with Gasteiger partial charge >= 0.3 is 96.1 Å². The SMILES string of the molecule is Cc1ccc(S(=O)(=O)NCCN)cc1.Cc1ccc(S(=O)(=O)NCCNCCCC2=CCC=CC2)cc1.Cc1ccc(S(=O)(=O)NCCNCCCc2ccccc2)cc1.Cc1ccc(S(=O)(=O)NCCNCCCc2ccccc2)cc1.Cc1ccc(S(=O)(=O)[N-]CCNCCCc2ccccc2)cc1.Cl.Cl.OCCCC1=CCC=CC1.[CH3-].[CH3-].[CH3-].[Cl][Ru+3].[Cl][Ru][Cl].[Cl][Ru][Cl]. The normalized spacial score (nSPS) is 11.8. The molecule has 0 spiro atoms. The summed E-state index contributed by atoms with van der Waals surface area (Å²) in [4.78, 5) is 1.48. The summed E-state index contributed by atoms with van der Waals surface area (Å²) in [5.74, 6) is 0. The number of halogens is 7. The zero-order valence-corrected chi connectivity index (χ0v) is 89.7. The van der Waals surface area contributed by atoms with E-state index >= 15 is 0 Å². The molecule has 10 rings (SSSR count). The van der Waals surface area contributed by atoms with Crippen molar-refractivity contribution < 1.29 is 94.8 Å². The number of rotatable bonds is 43. The van der Waals surface area contributed by atoms with Gasteiger partial charge in [-0.2, -0.15) is 0 Å². The molecule has 8 aromatic carbocycles. The maximum atomic E-state index is 12.1. The summed E-state index contributed by atoms with van der Waals surface area (Å²) < 4.78 is 134. The summed E-state index contributed by atoms with van der Waals surface area (Å²) in [7, 11) is 6.89. The van der Waals surface area contributed by atoms with Gasteiger partial charge in [0.1, 0.15) is 10.0 Å². The van der Waals surface area contributed by atoms with Crippen molar-refractivity contribution >= 4 is 123 Å². The number of allylic oxidation sites excluding steroid dienone is 8. The Kier molecular flexibility index (Phi) is 82.5. The van der Waals surface area contributed by atoms with E-state index in [0.29, 0.717) is 73.7 Å². The van der Waals surface area contributed by atoms with Crippen LogP contribution in [0.25, 0.3) is 4.72 Å². The average Bonchev–Trinajstić information content (AvgIpc) is 0.868. The number of aliphatic hydroxyl groups excluding tert-OH is 1. The van der Waals surface area contributed by atoms with Gasteiger partial charge in [0, 0.05) is 63.9 Å². The van der Waals surface area contributed by atoms with E-state index in [-0.39, 0.29) is 100 Å². The first-order chi connectivity index (χ1) is 59.6. The maximum absolute atomic E-state index is 12.1. The second-order valence-electron chi connectivity index (χ2n) is 28.1. The number of hydrogen-bond acceptors (Lipinski definition) is 16.